The average molecular weight is 200 g/mol. The Balaban J connectivity index is 2.23. The van der Waals surface area contributed by atoms with Crippen LogP contribution in [0.5, 0.6) is 5.75 Å². The van der Waals surface area contributed by atoms with Crippen molar-refractivity contribution in [2.45, 2.75) is 38.2 Å². The number of benzene rings is 1. The molecule has 1 aliphatic carbocycles. The Labute approximate surface area is 90.8 Å². The minimum Gasteiger partial charge on any atom is -0.486 e. The van der Waals surface area contributed by atoms with Crippen LogP contribution in [-0.2, 0) is 5.41 Å². The molecule has 1 saturated carbocycles. The molecule has 1 fully saturated rings. The van der Waals surface area contributed by atoms with Crippen molar-refractivity contribution >= 4 is 0 Å². The highest BCUT2D eigenvalue weighted by molar-refractivity contribution is 5.52. The van der Waals surface area contributed by atoms with Gasteiger partial charge in [-0.05, 0) is 37.0 Å². The molecule has 78 valence electrons. The van der Waals surface area contributed by atoms with Crippen molar-refractivity contribution in [3.8, 4) is 5.75 Å². The fourth-order valence-electron chi connectivity index (χ4n) is 2.88. The van der Waals surface area contributed by atoms with E-state index in [2.05, 4.69) is 38.6 Å². The molecule has 1 aromatic rings. The first-order valence-corrected chi connectivity index (χ1v) is 5.58. The average Bonchev–Trinajstić information content (AvgIpc) is 2.42. The van der Waals surface area contributed by atoms with Crippen LogP contribution in [0.1, 0.15) is 30.9 Å². The van der Waals surface area contributed by atoms with Gasteiger partial charge in [0.25, 0.3) is 0 Å². The van der Waals surface area contributed by atoms with E-state index in [1.54, 1.807) is 0 Å². The number of hydrogen-bond acceptors (Lipinski definition) is 1. The molecule has 15 heavy (non-hydrogen) atoms. The molecule has 0 unspecified atom stereocenters. The zero-order chi connectivity index (χ0) is 10.6. The van der Waals surface area contributed by atoms with E-state index in [-0.39, 0.29) is 11.5 Å². The predicted octanol–water partition coefficient (Wildman–Crippen LogP) is 3.36. The van der Waals surface area contributed by atoms with Crippen LogP contribution in [0.3, 0.4) is 0 Å². The van der Waals surface area contributed by atoms with E-state index in [0.717, 1.165) is 12.2 Å². The van der Waals surface area contributed by atoms with Crippen molar-refractivity contribution in [3.05, 3.63) is 41.5 Å². The molecule has 1 aromatic carbocycles. The molecule has 0 saturated heterocycles. The maximum absolute atomic E-state index is 5.98. The second kappa shape index (κ2) is 2.66. The highest BCUT2D eigenvalue weighted by atomic mass is 16.5. The van der Waals surface area contributed by atoms with Gasteiger partial charge in [-0.1, -0.05) is 25.6 Å². The third kappa shape index (κ3) is 1.04. The van der Waals surface area contributed by atoms with Gasteiger partial charge >= 0.3 is 0 Å². The largest absolute Gasteiger partial charge is 0.486 e. The van der Waals surface area contributed by atoms with E-state index in [4.69, 9.17) is 4.74 Å². The highest BCUT2D eigenvalue weighted by Gasteiger charge is 2.46. The summed E-state index contributed by atoms with van der Waals surface area (Å²) in [5.41, 5.74) is 4.02. The molecule has 2 aliphatic rings. The Morgan fingerprint density at radius 1 is 1.47 bits per heavy atom. The van der Waals surface area contributed by atoms with E-state index >= 15 is 0 Å². The second-order valence-corrected chi connectivity index (χ2v) is 5.00. The van der Waals surface area contributed by atoms with E-state index in [9.17, 15) is 0 Å². The fourth-order valence-corrected chi connectivity index (χ4v) is 2.88. The Hall–Kier alpha value is -1.24. The molecule has 2 bridgehead atoms. The molecular formula is C14H16O. The van der Waals surface area contributed by atoms with E-state index < -0.39 is 0 Å². The Morgan fingerprint density at radius 2 is 2.27 bits per heavy atom. The summed E-state index contributed by atoms with van der Waals surface area (Å²) in [7, 11) is 0. The summed E-state index contributed by atoms with van der Waals surface area (Å²) < 4.78 is 5.98. The van der Waals surface area contributed by atoms with E-state index in [1.165, 1.54) is 23.1 Å². The summed E-state index contributed by atoms with van der Waals surface area (Å²) in [5, 5.41) is 0. The number of rotatable bonds is 0. The van der Waals surface area contributed by atoms with Gasteiger partial charge in [0.05, 0.1) is 0 Å². The van der Waals surface area contributed by atoms with Gasteiger partial charge in [-0.3, -0.25) is 0 Å². The van der Waals surface area contributed by atoms with Gasteiger partial charge in [-0.25, -0.2) is 0 Å². The minimum absolute atomic E-state index is 0.159. The maximum Gasteiger partial charge on any atom is 0.124 e. The fraction of sp³-hybridized carbons (Fsp3) is 0.429. The summed E-state index contributed by atoms with van der Waals surface area (Å²) in [6.45, 7) is 8.61. The third-order valence-electron chi connectivity index (χ3n) is 4.00. The monoisotopic (exact) mass is 200 g/mol. The molecule has 0 amide bonds. The third-order valence-corrected chi connectivity index (χ3v) is 4.00. The summed E-state index contributed by atoms with van der Waals surface area (Å²) >= 11 is 0. The van der Waals surface area contributed by atoms with Gasteiger partial charge in [0.1, 0.15) is 11.9 Å². The molecule has 3 rings (SSSR count). The van der Waals surface area contributed by atoms with Crippen molar-refractivity contribution < 1.29 is 4.74 Å². The first-order valence-electron chi connectivity index (χ1n) is 5.58. The Morgan fingerprint density at radius 3 is 3.07 bits per heavy atom. The number of fused-ring (bicyclic) bond motifs is 4. The van der Waals surface area contributed by atoms with Crippen LogP contribution in [0.25, 0.3) is 0 Å². The van der Waals surface area contributed by atoms with Gasteiger partial charge in [0.15, 0.2) is 0 Å². The molecule has 0 radical (unpaired) electrons. The van der Waals surface area contributed by atoms with Crippen LogP contribution in [0.15, 0.2) is 30.4 Å². The quantitative estimate of drug-likeness (QED) is 0.583. The van der Waals surface area contributed by atoms with Crippen molar-refractivity contribution in [3.63, 3.8) is 0 Å². The Kier molecular flexibility index (Phi) is 1.60. The number of ether oxygens (including phenoxy) is 1. The van der Waals surface area contributed by atoms with Crippen LogP contribution in [-0.4, -0.2) is 6.10 Å². The van der Waals surface area contributed by atoms with E-state index in [0.29, 0.717) is 0 Å². The molecule has 0 N–H and O–H groups in total. The summed E-state index contributed by atoms with van der Waals surface area (Å²) in [4.78, 5) is 0. The smallest absolute Gasteiger partial charge is 0.124 e. The van der Waals surface area contributed by atoms with Crippen molar-refractivity contribution in [2.24, 2.45) is 0 Å². The number of hydrogen-bond donors (Lipinski definition) is 0. The standard InChI is InChI=1S/C14H16O/c1-9-4-5-11-13(8-9)15-12-6-7-14(11,3)10(12)2/h4-5,8,12H,2,6-7H2,1,3H3/t12-,14+/m1/s1. The van der Waals surface area contributed by atoms with Crippen LogP contribution in [0.4, 0.5) is 0 Å². The molecule has 2 atom stereocenters. The van der Waals surface area contributed by atoms with Gasteiger partial charge in [-0.15, -0.1) is 0 Å². The predicted molar refractivity (Wildman–Crippen MR) is 61.3 cm³/mol. The molecule has 0 aromatic heterocycles. The van der Waals surface area contributed by atoms with E-state index in [1.807, 2.05) is 0 Å². The second-order valence-electron chi connectivity index (χ2n) is 5.00. The van der Waals surface area contributed by atoms with Crippen molar-refractivity contribution in [2.75, 3.05) is 0 Å². The molecule has 0 spiro atoms. The first kappa shape index (κ1) is 9.02. The molecule has 1 heteroatoms. The van der Waals surface area contributed by atoms with Crippen LogP contribution < -0.4 is 4.74 Å². The van der Waals surface area contributed by atoms with Gasteiger partial charge < -0.3 is 4.74 Å². The lowest BCUT2D eigenvalue weighted by atomic mass is 9.76. The summed E-state index contributed by atoms with van der Waals surface area (Å²) in [5.74, 6) is 1.08. The maximum atomic E-state index is 5.98. The van der Waals surface area contributed by atoms with Gasteiger partial charge in [-0.2, -0.15) is 0 Å². The molecule has 1 nitrogen and oxygen atoms in total. The summed E-state index contributed by atoms with van der Waals surface area (Å²) in [6, 6.07) is 6.52. The zero-order valence-corrected chi connectivity index (χ0v) is 9.34. The van der Waals surface area contributed by atoms with Crippen LogP contribution in [0.2, 0.25) is 0 Å². The SMILES string of the molecule is C=C1[C@H]2CC[C@]1(C)c1ccc(C)cc1O2. The first-order chi connectivity index (χ1) is 7.11. The highest BCUT2D eigenvalue weighted by Crippen LogP contribution is 2.52. The van der Waals surface area contributed by atoms with Crippen LogP contribution in [0, 0.1) is 6.92 Å². The van der Waals surface area contributed by atoms with Gasteiger partial charge in [0, 0.05) is 11.0 Å². The lowest BCUT2D eigenvalue weighted by molar-refractivity contribution is 0.230. The normalized spacial score (nSPS) is 32.4. The molecular weight excluding hydrogens is 184 g/mol. The van der Waals surface area contributed by atoms with Crippen molar-refractivity contribution in [1.82, 2.24) is 0 Å². The summed E-state index contributed by atoms with van der Waals surface area (Å²) in [6.07, 6.45) is 2.54. The number of aryl methyl sites for hydroxylation is 1. The Bertz CT molecular complexity index is 447. The lowest BCUT2D eigenvalue weighted by Crippen LogP contribution is -2.30. The minimum atomic E-state index is 0.159. The lowest BCUT2D eigenvalue weighted by Gasteiger charge is -2.34. The van der Waals surface area contributed by atoms with Crippen molar-refractivity contribution in [1.29, 1.82) is 0 Å². The molecule has 1 aliphatic heterocycles. The zero-order valence-electron chi connectivity index (χ0n) is 9.34. The van der Waals surface area contributed by atoms with Crippen LogP contribution >= 0.6 is 0 Å². The topological polar surface area (TPSA) is 9.23 Å². The molecule has 1 heterocycles. The van der Waals surface area contributed by atoms with Gasteiger partial charge in [0.2, 0.25) is 0 Å².